The standard InChI is InChI=1S/C17H23ClN2O3/c18-14-3-1-13(2-4-14)7-10-19-16(22)5-6-17(23)20-11-8-15(21)9-12-20/h1-4,15,21H,5-12H2,(H,19,22). The van der Waals surface area contributed by atoms with Gasteiger partial charge in [0.25, 0.3) is 0 Å². The number of benzene rings is 1. The molecule has 0 aromatic heterocycles. The number of hydrogen-bond donors (Lipinski definition) is 2. The van der Waals surface area contributed by atoms with Crippen molar-refractivity contribution in [1.82, 2.24) is 10.2 Å². The Labute approximate surface area is 141 Å². The van der Waals surface area contributed by atoms with E-state index in [0.29, 0.717) is 37.5 Å². The van der Waals surface area contributed by atoms with Crippen molar-refractivity contribution in [2.45, 2.75) is 38.2 Å². The molecule has 1 fully saturated rings. The second-order valence-corrected chi connectivity index (χ2v) is 6.27. The van der Waals surface area contributed by atoms with Crippen molar-refractivity contribution in [2.75, 3.05) is 19.6 Å². The summed E-state index contributed by atoms with van der Waals surface area (Å²) in [5, 5.41) is 12.9. The van der Waals surface area contributed by atoms with Gasteiger partial charge in [0.05, 0.1) is 6.10 Å². The van der Waals surface area contributed by atoms with Crippen LogP contribution < -0.4 is 5.32 Å². The van der Waals surface area contributed by atoms with Crippen molar-refractivity contribution in [3.8, 4) is 0 Å². The lowest BCUT2D eigenvalue weighted by molar-refractivity contribution is -0.135. The van der Waals surface area contributed by atoms with Crippen LogP contribution in [0.25, 0.3) is 0 Å². The highest BCUT2D eigenvalue weighted by molar-refractivity contribution is 6.30. The Morgan fingerprint density at radius 3 is 2.48 bits per heavy atom. The molecule has 1 aromatic carbocycles. The summed E-state index contributed by atoms with van der Waals surface area (Å²) in [6.07, 6.45) is 2.12. The number of likely N-dealkylation sites (tertiary alicyclic amines) is 1. The molecule has 1 aliphatic heterocycles. The predicted molar refractivity (Wildman–Crippen MR) is 89.2 cm³/mol. The molecule has 1 aromatic rings. The number of carbonyl (C=O) groups excluding carboxylic acids is 2. The fourth-order valence-corrected chi connectivity index (χ4v) is 2.71. The summed E-state index contributed by atoms with van der Waals surface area (Å²) in [6, 6.07) is 7.52. The number of nitrogens with zero attached hydrogens (tertiary/aromatic N) is 1. The molecule has 2 N–H and O–H groups in total. The van der Waals surface area contributed by atoms with E-state index in [9.17, 15) is 14.7 Å². The van der Waals surface area contributed by atoms with Gasteiger partial charge in [0.15, 0.2) is 0 Å². The summed E-state index contributed by atoms with van der Waals surface area (Å²) < 4.78 is 0. The van der Waals surface area contributed by atoms with Gasteiger partial charge in [-0.15, -0.1) is 0 Å². The molecule has 5 nitrogen and oxygen atoms in total. The van der Waals surface area contributed by atoms with Gasteiger partial charge in [0, 0.05) is 37.5 Å². The van der Waals surface area contributed by atoms with Gasteiger partial charge in [-0.1, -0.05) is 23.7 Å². The van der Waals surface area contributed by atoms with E-state index in [1.54, 1.807) is 4.90 Å². The molecule has 1 saturated heterocycles. The molecule has 0 aliphatic carbocycles. The number of carbonyl (C=O) groups is 2. The molecule has 126 valence electrons. The molecule has 0 saturated carbocycles. The monoisotopic (exact) mass is 338 g/mol. The van der Waals surface area contributed by atoms with E-state index in [1.165, 1.54) is 0 Å². The second-order valence-electron chi connectivity index (χ2n) is 5.84. The number of nitrogens with one attached hydrogen (secondary N) is 1. The maximum atomic E-state index is 12.0. The molecule has 2 rings (SSSR count). The lowest BCUT2D eigenvalue weighted by Crippen LogP contribution is -2.40. The van der Waals surface area contributed by atoms with Gasteiger partial charge in [-0.2, -0.15) is 0 Å². The summed E-state index contributed by atoms with van der Waals surface area (Å²) in [4.78, 5) is 25.5. The lowest BCUT2D eigenvalue weighted by Gasteiger charge is -2.29. The van der Waals surface area contributed by atoms with E-state index >= 15 is 0 Å². The minimum atomic E-state index is -0.296. The number of halogens is 1. The van der Waals surface area contributed by atoms with E-state index in [1.807, 2.05) is 24.3 Å². The van der Waals surface area contributed by atoms with Crippen molar-refractivity contribution in [1.29, 1.82) is 0 Å². The average molecular weight is 339 g/mol. The van der Waals surface area contributed by atoms with Crippen LogP contribution in [0.2, 0.25) is 5.02 Å². The molecule has 0 unspecified atom stereocenters. The number of rotatable bonds is 6. The van der Waals surface area contributed by atoms with Crippen molar-refractivity contribution in [2.24, 2.45) is 0 Å². The molecule has 0 spiro atoms. The number of piperidine rings is 1. The van der Waals surface area contributed by atoms with Gasteiger partial charge < -0.3 is 15.3 Å². The zero-order valence-electron chi connectivity index (χ0n) is 13.1. The van der Waals surface area contributed by atoms with Crippen LogP contribution in [0.3, 0.4) is 0 Å². The highest BCUT2D eigenvalue weighted by atomic mass is 35.5. The number of aliphatic hydroxyl groups is 1. The Morgan fingerprint density at radius 2 is 1.83 bits per heavy atom. The van der Waals surface area contributed by atoms with Crippen molar-refractivity contribution < 1.29 is 14.7 Å². The number of amides is 2. The molecule has 6 heteroatoms. The van der Waals surface area contributed by atoms with Crippen molar-refractivity contribution in [3.05, 3.63) is 34.9 Å². The molecule has 23 heavy (non-hydrogen) atoms. The maximum Gasteiger partial charge on any atom is 0.223 e. The fraction of sp³-hybridized carbons (Fsp3) is 0.529. The van der Waals surface area contributed by atoms with Gasteiger partial charge >= 0.3 is 0 Å². The second kappa shape index (κ2) is 8.89. The lowest BCUT2D eigenvalue weighted by atomic mass is 10.1. The summed E-state index contributed by atoms with van der Waals surface area (Å²) in [5.41, 5.74) is 1.11. The Balaban J connectivity index is 1.61. The van der Waals surface area contributed by atoms with Crippen LogP contribution in [0.4, 0.5) is 0 Å². The zero-order valence-corrected chi connectivity index (χ0v) is 13.9. The van der Waals surface area contributed by atoms with Gasteiger partial charge in [-0.3, -0.25) is 9.59 Å². The molecule has 0 bridgehead atoms. The number of aliphatic hydroxyl groups excluding tert-OH is 1. The van der Waals surface area contributed by atoms with Gasteiger partial charge in [0.2, 0.25) is 11.8 Å². The largest absolute Gasteiger partial charge is 0.393 e. The van der Waals surface area contributed by atoms with Crippen LogP contribution in [0, 0.1) is 0 Å². The van der Waals surface area contributed by atoms with Gasteiger partial charge in [-0.05, 0) is 37.0 Å². The molecular weight excluding hydrogens is 316 g/mol. The predicted octanol–water partition coefficient (Wildman–Crippen LogP) is 1.76. The highest BCUT2D eigenvalue weighted by Gasteiger charge is 2.21. The van der Waals surface area contributed by atoms with E-state index in [4.69, 9.17) is 11.6 Å². The summed E-state index contributed by atoms with van der Waals surface area (Å²) >= 11 is 5.82. The average Bonchev–Trinajstić information content (AvgIpc) is 2.55. The molecule has 1 heterocycles. The maximum absolute atomic E-state index is 12.0. The van der Waals surface area contributed by atoms with Gasteiger partial charge in [0.1, 0.15) is 0 Å². The van der Waals surface area contributed by atoms with E-state index < -0.39 is 0 Å². The Morgan fingerprint density at radius 1 is 1.17 bits per heavy atom. The van der Waals surface area contributed by atoms with Crippen LogP contribution >= 0.6 is 11.6 Å². The minimum absolute atomic E-state index is 0.00949. The summed E-state index contributed by atoms with van der Waals surface area (Å²) in [6.45, 7) is 1.71. The first-order valence-corrected chi connectivity index (χ1v) is 8.39. The molecule has 2 amide bonds. The minimum Gasteiger partial charge on any atom is -0.393 e. The van der Waals surface area contributed by atoms with Crippen LogP contribution in [0.1, 0.15) is 31.2 Å². The third-order valence-corrected chi connectivity index (χ3v) is 4.28. The third kappa shape index (κ3) is 6.20. The Kier molecular flexibility index (Phi) is 6.86. The van der Waals surface area contributed by atoms with Crippen LogP contribution in [-0.4, -0.2) is 47.6 Å². The summed E-state index contributed by atoms with van der Waals surface area (Å²) in [5.74, 6) is -0.117. The van der Waals surface area contributed by atoms with E-state index in [0.717, 1.165) is 12.0 Å². The molecule has 0 atom stereocenters. The fourth-order valence-electron chi connectivity index (χ4n) is 2.58. The first-order chi connectivity index (χ1) is 11.0. The number of hydrogen-bond acceptors (Lipinski definition) is 3. The SMILES string of the molecule is O=C(CCC(=O)N1CCC(O)CC1)NCCc1ccc(Cl)cc1. The highest BCUT2D eigenvalue weighted by Crippen LogP contribution is 2.12. The first-order valence-electron chi connectivity index (χ1n) is 8.01. The molecule has 1 aliphatic rings. The Bertz CT molecular complexity index is 525. The normalized spacial score (nSPS) is 15.5. The topological polar surface area (TPSA) is 69.6 Å². The van der Waals surface area contributed by atoms with Crippen molar-refractivity contribution >= 4 is 23.4 Å². The summed E-state index contributed by atoms with van der Waals surface area (Å²) in [7, 11) is 0. The smallest absolute Gasteiger partial charge is 0.223 e. The molecular formula is C17H23ClN2O3. The van der Waals surface area contributed by atoms with E-state index in [2.05, 4.69) is 5.32 Å². The zero-order chi connectivity index (χ0) is 16.7. The quantitative estimate of drug-likeness (QED) is 0.830. The van der Waals surface area contributed by atoms with Crippen LogP contribution in [0.15, 0.2) is 24.3 Å². The Hall–Kier alpha value is -1.59. The van der Waals surface area contributed by atoms with Crippen LogP contribution in [-0.2, 0) is 16.0 Å². The van der Waals surface area contributed by atoms with Crippen LogP contribution in [0.5, 0.6) is 0 Å². The van der Waals surface area contributed by atoms with Crippen molar-refractivity contribution in [3.63, 3.8) is 0 Å². The third-order valence-electron chi connectivity index (χ3n) is 4.03. The van der Waals surface area contributed by atoms with E-state index in [-0.39, 0.29) is 30.8 Å². The van der Waals surface area contributed by atoms with Gasteiger partial charge in [-0.25, -0.2) is 0 Å². The first kappa shape index (κ1) is 17.8. The molecule has 0 radical (unpaired) electrons.